The Morgan fingerprint density at radius 1 is 0.955 bits per heavy atom. The van der Waals surface area contributed by atoms with Crippen LogP contribution in [0.4, 0.5) is 0 Å². The molecule has 1 aromatic carbocycles. The van der Waals surface area contributed by atoms with E-state index in [2.05, 4.69) is 70.9 Å². The van der Waals surface area contributed by atoms with Gasteiger partial charge >= 0.3 is 0 Å². The second-order valence-electron chi connectivity index (χ2n) is 8.04. The van der Waals surface area contributed by atoms with Gasteiger partial charge in [-0.15, -0.1) is 0 Å². The van der Waals surface area contributed by atoms with Crippen LogP contribution < -0.4 is 15.1 Å². The van der Waals surface area contributed by atoms with Gasteiger partial charge in [-0.25, -0.2) is 0 Å². The minimum absolute atomic E-state index is 1.12. The van der Waals surface area contributed by atoms with Crippen molar-refractivity contribution >= 4 is 26.5 Å². The molecule has 0 N–H and O–H groups in total. The Balaban J connectivity index is 2.70. The van der Waals surface area contributed by atoms with Gasteiger partial charge in [0.2, 0.25) is 0 Å². The summed E-state index contributed by atoms with van der Waals surface area (Å²) in [6.07, 6.45) is 5.71. The molecule has 0 spiro atoms. The van der Waals surface area contributed by atoms with Crippen LogP contribution in [-0.4, -0.2) is 23.3 Å². The first-order chi connectivity index (χ1) is 10.1. The standard InChI is InChI=1S/C19H30OSi2/c1-14-12-17(21(4,5)6)19(20-3)18(13-14)22(7,8)16-11-9-10-15(16)2/h9-10,12-13H,11H2,1-8H3. The van der Waals surface area contributed by atoms with E-state index < -0.39 is 16.1 Å². The van der Waals surface area contributed by atoms with Crippen LogP contribution in [0.3, 0.4) is 0 Å². The zero-order valence-corrected chi connectivity index (χ0v) is 17.4. The molecular weight excluding hydrogens is 300 g/mol. The molecule has 0 radical (unpaired) electrons. The maximum absolute atomic E-state index is 5.97. The molecule has 1 aromatic rings. The van der Waals surface area contributed by atoms with Gasteiger partial charge in [-0.3, -0.25) is 0 Å². The Hall–Kier alpha value is -1.07. The third kappa shape index (κ3) is 3.02. The second kappa shape index (κ2) is 5.86. The molecule has 0 fully saturated rings. The summed E-state index contributed by atoms with van der Waals surface area (Å²) in [5.74, 6) is 1.17. The fraction of sp³-hybridized carbons (Fsp3) is 0.474. The summed E-state index contributed by atoms with van der Waals surface area (Å²) in [6.45, 7) is 16.7. The van der Waals surface area contributed by atoms with Crippen molar-refractivity contribution in [1.29, 1.82) is 0 Å². The molecule has 1 aliphatic rings. The number of allylic oxidation sites excluding steroid dienone is 4. The average Bonchev–Trinajstić information content (AvgIpc) is 2.83. The van der Waals surface area contributed by atoms with E-state index in [4.69, 9.17) is 4.74 Å². The molecule has 0 aromatic heterocycles. The van der Waals surface area contributed by atoms with Gasteiger partial charge in [0.25, 0.3) is 0 Å². The Bertz CT molecular complexity index is 646. The normalized spacial score (nSPS) is 15.6. The van der Waals surface area contributed by atoms with Gasteiger partial charge in [-0.2, -0.15) is 0 Å². The SMILES string of the molecule is COc1c([Si](C)(C)C)cc(C)cc1[Si](C)(C)C1=C(C)C=CC1. The van der Waals surface area contributed by atoms with Gasteiger partial charge in [-0.05, 0) is 30.6 Å². The Morgan fingerprint density at radius 2 is 1.55 bits per heavy atom. The molecule has 0 atom stereocenters. The van der Waals surface area contributed by atoms with E-state index in [0.717, 1.165) is 6.42 Å². The van der Waals surface area contributed by atoms with Gasteiger partial charge < -0.3 is 4.74 Å². The molecular formula is C19H30OSi2. The van der Waals surface area contributed by atoms with Crippen LogP contribution in [0.1, 0.15) is 18.9 Å². The summed E-state index contributed by atoms with van der Waals surface area (Å²) >= 11 is 0. The first-order valence-corrected chi connectivity index (χ1v) is 14.7. The van der Waals surface area contributed by atoms with Crippen molar-refractivity contribution in [2.24, 2.45) is 0 Å². The number of hydrogen-bond acceptors (Lipinski definition) is 1. The highest BCUT2D eigenvalue weighted by Crippen LogP contribution is 2.30. The van der Waals surface area contributed by atoms with Crippen LogP contribution in [0.25, 0.3) is 0 Å². The van der Waals surface area contributed by atoms with Gasteiger partial charge in [0.15, 0.2) is 0 Å². The highest BCUT2D eigenvalue weighted by Gasteiger charge is 2.35. The monoisotopic (exact) mass is 330 g/mol. The van der Waals surface area contributed by atoms with Crippen molar-refractivity contribution < 1.29 is 4.74 Å². The quantitative estimate of drug-likeness (QED) is 0.749. The fourth-order valence-corrected chi connectivity index (χ4v) is 8.66. The molecule has 0 saturated carbocycles. The van der Waals surface area contributed by atoms with Gasteiger partial charge in [-0.1, -0.05) is 73.4 Å². The van der Waals surface area contributed by atoms with E-state index in [1.54, 1.807) is 5.20 Å². The number of benzene rings is 1. The summed E-state index contributed by atoms with van der Waals surface area (Å²) < 4.78 is 5.97. The second-order valence-corrected chi connectivity index (χ2v) is 17.5. The van der Waals surface area contributed by atoms with Crippen molar-refractivity contribution in [1.82, 2.24) is 0 Å². The Kier molecular flexibility index (Phi) is 4.60. The van der Waals surface area contributed by atoms with Crippen LogP contribution in [0.15, 0.2) is 35.1 Å². The molecule has 2 rings (SSSR count). The molecule has 0 bridgehead atoms. The first kappa shape index (κ1) is 17.3. The molecule has 1 nitrogen and oxygen atoms in total. The summed E-state index contributed by atoms with van der Waals surface area (Å²) in [7, 11) is -1.29. The lowest BCUT2D eigenvalue weighted by Gasteiger charge is -2.32. The minimum Gasteiger partial charge on any atom is -0.497 e. The summed E-state index contributed by atoms with van der Waals surface area (Å²) in [6, 6.07) is 4.74. The van der Waals surface area contributed by atoms with E-state index in [1.165, 1.54) is 27.3 Å². The van der Waals surface area contributed by atoms with Crippen LogP contribution in [0.5, 0.6) is 5.75 Å². The molecule has 0 saturated heterocycles. The lowest BCUT2D eigenvalue weighted by molar-refractivity contribution is 0.421. The smallest absolute Gasteiger partial charge is 0.117 e. The maximum atomic E-state index is 5.97. The Morgan fingerprint density at radius 3 is 2.00 bits per heavy atom. The number of rotatable bonds is 4. The van der Waals surface area contributed by atoms with Crippen LogP contribution in [0, 0.1) is 6.92 Å². The molecule has 0 unspecified atom stereocenters. The topological polar surface area (TPSA) is 9.23 Å². The molecule has 1 aliphatic carbocycles. The van der Waals surface area contributed by atoms with E-state index >= 15 is 0 Å². The molecule has 3 heteroatoms. The molecule has 0 amide bonds. The predicted molar refractivity (Wildman–Crippen MR) is 104 cm³/mol. The molecule has 0 heterocycles. The number of aryl methyl sites for hydroxylation is 1. The zero-order valence-electron chi connectivity index (χ0n) is 15.4. The molecule has 22 heavy (non-hydrogen) atoms. The van der Waals surface area contributed by atoms with Gasteiger partial charge in [0.1, 0.15) is 13.8 Å². The fourth-order valence-electron chi connectivity index (χ4n) is 3.54. The van der Waals surface area contributed by atoms with Crippen molar-refractivity contribution in [2.75, 3.05) is 7.11 Å². The van der Waals surface area contributed by atoms with Crippen LogP contribution >= 0.6 is 0 Å². The van der Waals surface area contributed by atoms with Crippen molar-refractivity contribution in [3.05, 3.63) is 40.6 Å². The maximum Gasteiger partial charge on any atom is 0.117 e. The number of methoxy groups -OCH3 is 1. The van der Waals surface area contributed by atoms with Crippen molar-refractivity contribution in [3.8, 4) is 5.75 Å². The largest absolute Gasteiger partial charge is 0.497 e. The minimum atomic E-state index is -1.70. The third-order valence-corrected chi connectivity index (χ3v) is 10.7. The summed E-state index contributed by atoms with van der Waals surface area (Å²) in [5, 5.41) is 4.60. The number of ether oxygens (including phenoxy) is 1. The van der Waals surface area contributed by atoms with E-state index in [-0.39, 0.29) is 0 Å². The van der Waals surface area contributed by atoms with Crippen LogP contribution in [0.2, 0.25) is 32.7 Å². The lowest BCUT2D eigenvalue weighted by atomic mass is 10.2. The van der Waals surface area contributed by atoms with Crippen LogP contribution in [-0.2, 0) is 0 Å². The van der Waals surface area contributed by atoms with Gasteiger partial charge in [0.05, 0.1) is 15.2 Å². The highest BCUT2D eigenvalue weighted by molar-refractivity contribution is 6.97. The highest BCUT2D eigenvalue weighted by atomic mass is 28.3. The Labute approximate surface area is 138 Å². The average molecular weight is 331 g/mol. The lowest BCUT2D eigenvalue weighted by Crippen LogP contribution is -2.49. The van der Waals surface area contributed by atoms with Crippen molar-refractivity contribution in [3.63, 3.8) is 0 Å². The first-order valence-electron chi connectivity index (χ1n) is 8.15. The molecule has 120 valence electrons. The summed E-state index contributed by atoms with van der Waals surface area (Å²) in [5.41, 5.74) is 2.84. The number of hydrogen-bond donors (Lipinski definition) is 0. The van der Waals surface area contributed by atoms with Gasteiger partial charge in [0, 0.05) is 0 Å². The van der Waals surface area contributed by atoms with E-state index in [0.29, 0.717) is 0 Å². The van der Waals surface area contributed by atoms with E-state index in [9.17, 15) is 0 Å². The van der Waals surface area contributed by atoms with Crippen molar-refractivity contribution in [2.45, 2.75) is 53.0 Å². The summed E-state index contributed by atoms with van der Waals surface area (Å²) in [4.78, 5) is 0. The zero-order chi connectivity index (χ0) is 16.7. The molecule has 0 aliphatic heterocycles. The predicted octanol–water partition coefficient (Wildman–Crippen LogP) is 4.28. The third-order valence-electron chi connectivity index (χ3n) is 4.84. The van der Waals surface area contributed by atoms with E-state index in [1.807, 2.05) is 7.11 Å².